The van der Waals surface area contributed by atoms with Crippen LogP contribution in [0.3, 0.4) is 0 Å². The fraction of sp³-hybridized carbons (Fsp3) is 0.778. The molecule has 0 aliphatic carbocycles. The standard InChI is InChI=1S/C9H18N2O4/c1-9(2,3)15-8(13)11-5-6(10)7(12)14-4/h6H,5,10H2,1-4H3,(H,11,13)/p+1/t6-/m1/s1. The zero-order chi connectivity index (χ0) is 12.1. The van der Waals surface area contributed by atoms with E-state index in [4.69, 9.17) is 4.74 Å². The van der Waals surface area contributed by atoms with Crippen LogP contribution in [0.5, 0.6) is 0 Å². The Bertz CT molecular complexity index is 235. The maximum Gasteiger partial charge on any atom is 0.407 e. The van der Waals surface area contributed by atoms with Crippen LogP contribution in [0.25, 0.3) is 0 Å². The molecular formula is C9H19N2O4+. The van der Waals surface area contributed by atoms with Gasteiger partial charge in [-0.2, -0.15) is 0 Å². The molecule has 0 bridgehead atoms. The molecular weight excluding hydrogens is 200 g/mol. The molecule has 0 heterocycles. The first-order valence-corrected chi connectivity index (χ1v) is 4.64. The van der Waals surface area contributed by atoms with Crippen LogP contribution < -0.4 is 11.1 Å². The Morgan fingerprint density at radius 2 is 1.93 bits per heavy atom. The van der Waals surface area contributed by atoms with Crippen molar-refractivity contribution in [2.24, 2.45) is 0 Å². The molecule has 6 heteroatoms. The number of hydrogen-bond donors (Lipinski definition) is 2. The number of amides is 1. The molecule has 0 spiro atoms. The number of esters is 1. The minimum atomic E-state index is -0.623. The highest BCUT2D eigenvalue weighted by Gasteiger charge is 2.21. The van der Waals surface area contributed by atoms with Crippen LogP contribution in [0, 0.1) is 0 Å². The van der Waals surface area contributed by atoms with E-state index in [1.807, 2.05) is 0 Å². The third-order valence-electron chi connectivity index (χ3n) is 1.43. The molecule has 6 nitrogen and oxygen atoms in total. The van der Waals surface area contributed by atoms with Gasteiger partial charge in [-0.05, 0) is 20.8 Å². The quantitative estimate of drug-likeness (QED) is 0.613. The van der Waals surface area contributed by atoms with E-state index < -0.39 is 23.7 Å². The molecule has 0 saturated carbocycles. The van der Waals surface area contributed by atoms with Gasteiger partial charge in [-0.25, -0.2) is 9.59 Å². The second-order valence-corrected chi connectivity index (χ2v) is 4.10. The second-order valence-electron chi connectivity index (χ2n) is 4.10. The Balaban J connectivity index is 3.86. The molecule has 1 atom stereocenters. The van der Waals surface area contributed by atoms with Crippen LogP contribution in [-0.4, -0.2) is 37.4 Å². The van der Waals surface area contributed by atoms with Gasteiger partial charge in [0.15, 0.2) is 0 Å². The van der Waals surface area contributed by atoms with Gasteiger partial charge in [0.2, 0.25) is 6.04 Å². The third-order valence-corrected chi connectivity index (χ3v) is 1.43. The van der Waals surface area contributed by atoms with E-state index in [9.17, 15) is 9.59 Å². The third kappa shape index (κ3) is 6.73. The highest BCUT2D eigenvalue weighted by atomic mass is 16.6. The van der Waals surface area contributed by atoms with Gasteiger partial charge in [0.05, 0.1) is 13.7 Å². The maximum absolute atomic E-state index is 11.2. The zero-order valence-electron chi connectivity index (χ0n) is 9.62. The first-order valence-electron chi connectivity index (χ1n) is 4.64. The van der Waals surface area contributed by atoms with E-state index in [0.717, 1.165) is 0 Å². The molecule has 0 aromatic heterocycles. The van der Waals surface area contributed by atoms with E-state index >= 15 is 0 Å². The SMILES string of the molecule is COC(=O)[C@H]([NH3+])CNC(=O)OC(C)(C)C. The van der Waals surface area contributed by atoms with Crippen LogP contribution in [0.2, 0.25) is 0 Å². The number of carbonyl (C=O) groups is 2. The van der Waals surface area contributed by atoms with E-state index in [1.165, 1.54) is 7.11 Å². The van der Waals surface area contributed by atoms with Crippen molar-refractivity contribution in [1.82, 2.24) is 5.32 Å². The Morgan fingerprint density at radius 3 is 2.33 bits per heavy atom. The van der Waals surface area contributed by atoms with Crippen molar-refractivity contribution >= 4 is 12.1 Å². The van der Waals surface area contributed by atoms with E-state index in [-0.39, 0.29) is 6.54 Å². The highest BCUT2D eigenvalue weighted by Crippen LogP contribution is 2.06. The fourth-order valence-electron chi connectivity index (χ4n) is 0.771. The molecule has 0 fully saturated rings. The summed E-state index contributed by atoms with van der Waals surface area (Å²) in [6, 6.07) is -0.623. The number of alkyl carbamates (subject to hydrolysis) is 1. The minimum absolute atomic E-state index is 0.0988. The Kier molecular flexibility index (Phi) is 5.07. The molecule has 0 aromatic carbocycles. The summed E-state index contributed by atoms with van der Waals surface area (Å²) >= 11 is 0. The van der Waals surface area contributed by atoms with Gasteiger partial charge >= 0.3 is 12.1 Å². The summed E-state index contributed by atoms with van der Waals surface area (Å²) in [5, 5.41) is 2.43. The molecule has 0 aliphatic heterocycles. The van der Waals surface area contributed by atoms with Crippen molar-refractivity contribution in [2.45, 2.75) is 32.4 Å². The Hall–Kier alpha value is -1.30. The predicted molar refractivity (Wildman–Crippen MR) is 52.9 cm³/mol. The highest BCUT2D eigenvalue weighted by molar-refractivity contribution is 5.75. The normalized spacial score (nSPS) is 12.9. The van der Waals surface area contributed by atoms with E-state index in [2.05, 4.69) is 15.8 Å². The molecule has 0 rings (SSSR count). The number of methoxy groups -OCH3 is 1. The van der Waals surface area contributed by atoms with Gasteiger partial charge in [-0.1, -0.05) is 0 Å². The van der Waals surface area contributed by atoms with Gasteiger partial charge in [0.25, 0.3) is 0 Å². The summed E-state index contributed by atoms with van der Waals surface area (Å²) in [6.45, 7) is 5.37. The lowest BCUT2D eigenvalue weighted by atomic mass is 10.2. The molecule has 0 saturated heterocycles. The van der Waals surface area contributed by atoms with Crippen LogP contribution in [0.15, 0.2) is 0 Å². The van der Waals surface area contributed by atoms with Crippen LogP contribution in [0.1, 0.15) is 20.8 Å². The lowest BCUT2D eigenvalue weighted by Crippen LogP contribution is -2.69. The zero-order valence-corrected chi connectivity index (χ0v) is 9.62. The fourth-order valence-corrected chi connectivity index (χ4v) is 0.771. The number of ether oxygens (including phenoxy) is 2. The van der Waals surface area contributed by atoms with Crippen molar-refractivity contribution in [2.75, 3.05) is 13.7 Å². The van der Waals surface area contributed by atoms with Crippen molar-refractivity contribution in [3.05, 3.63) is 0 Å². The molecule has 0 aliphatic rings. The number of hydrogen-bond acceptors (Lipinski definition) is 4. The minimum Gasteiger partial charge on any atom is -0.465 e. The summed E-state index contributed by atoms with van der Waals surface area (Å²) in [7, 11) is 1.27. The topological polar surface area (TPSA) is 92.3 Å². The number of carbonyl (C=O) groups excluding carboxylic acids is 2. The average molecular weight is 219 g/mol. The number of nitrogens with one attached hydrogen (secondary N) is 1. The van der Waals surface area contributed by atoms with E-state index in [0.29, 0.717) is 0 Å². The summed E-state index contributed by atoms with van der Waals surface area (Å²) in [5.74, 6) is -0.467. The van der Waals surface area contributed by atoms with Crippen molar-refractivity contribution in [1.29, 1.82) is 0 Å². The van der Waals surface area contributed by atoms with Gasteiger partial charge in [0.1, 0.15) is 5.60 Å². The predicted octanol–water partition coefficient (Wildman–Crippen LogP) is -0.705. The summed E-state index contributed by atoms with van der Waals surface area (Å²) in [4.78, 5) is 22.1. The molecule has 0 unspecified atom stereocenters. The van der Waals surface area contributed by atoms with Crippen molar-refractivity contribution in [3.63, 3.8) is 0 Å². The first kappa shape index (κ1) is 13.7. The summed E-state index contributed by atoms with van der Waals surface area (Å²) < 4.78 is 9.42. The molecule has 88 valence electrons. The van der Waals surface area contributed by atoms with Gasteiger partial charge < -0.3 is 20.5 Å². The number of rotatable bonds is 3. The van der Waals surface area contributed by atoms with Gasteiger partial charge in [-0.15, -0.1) is 0 Å². The molecule has 0 radical (unpaired) electrons. The average Bonchev–Trinajstić information content (AvgIpc) is 2.10. The Morgan fingerprint density at radius 1 is 1.40 bits per heavy atom. The van der Waals surface area contributed by atoms with Gasteiger partial charge in [0, 0.05) is 0 Å². The van der Waals surface area contributed by atoms with E-state index in [1.54, 1.807) is 20.8 Å². The Labute approximate surface area is 89.1 Å². The maximum atomic E-state index is 11.2. The largest absolute Gasteiger partial charge is 0.465 e. The van der Waals surface area contributed by atoms with Crippen molar-refractivity contribution < 1.29 is 24.8 Å². The van der Waals surface area contributed by atoms with Crippen LogP contribution in [0.4, 0.5) is 4.79 Å². The lowest BCUT2D eigenvalue weighted by molar-refractivity contribution is -0.405. The van der Waals surface area contributed by atoms with Crippen molar-refractivity contribution in [3.8, 4) is 0 Å². The summed E-state index contributed by atoms with van der Waals surface area (Å²) in [5.41, 5.74) is 2.98. The lowest BCUT2D eigenvalue weighted by Gasteiger charge is -2.19. The molecule has 0 aromatic rings. The molecule has 4 N–H and O–H groups in total. The summed E-state index contributed by atoms with van der Waals surface area (Å²) in [6.07, 6.45) is -0.569. The van der Waals surface area contributed by atoms with Crippen LogP contribution in [-0.2, 0) is 14.3 Å². The molecule has 15 heavy (non-hydrogen) atoms. The van der Waals surface area contributed by atoms with Crippen LogP contribution >= 0.6 is 0 Å². The first-order chi connectivity index (χ1) is 6.76. The molecule has 1 amide bonds. The number of quaternary nitrogens is 1. The smallest absolute Gasteiger partial charge is 0.407 e. The monoisotopic (exact) mass is 219 g/mol. The second kappa shape index (κ2) is 5.55. The van der Waals surface area contributed by atoms with Gasteiger partial charge in [-0.3, -0.25) is 0 Å².